The Morgan fingerprint density at radius 2 is 2.00 bits per heavy atom. The minimum atomic E-state index is 0.0166. The van der Waals surface area contributed by atoms with Crippen molar-refractivity contribution in [1.82, 2.24) is 0 Å². The molecule has 6 heteroatoms. The maximum absolute atomic E-state index is 12.3. The normalized spacial score (nSPS) is 23.9. The van der Waals surface area contributed by atoms with Gasteiger partial charge in [0, 0.05) is 22.9 Å². The molecule has 2 unspecified atom stereocenters. The Balaban J connectivity index is 1.79. The number of benzene rings is 1. The lowest BCUT2D eigenvalue weighted by molar-refractivity contribution is -0.119. The highest BCUT2D eigenvalue weighted by Gasteiger charge is 2.28. The lowest BCUT2D eigenvalue weighted by atomic mass is 10.1. The summed E-state index contributed by atoms with van der Waals surface area (Å²) in [6.45, 7) is 1.10. The Hall–Kier alpha value is -1.40. The molecule has 1 fully saturated rings. The lowest BCUT2D eigenvalue weighted by Gasteiger charge is -2.21. The molecular weight excluding hydrogens is 288 g/mol. The van der Waals surface area contributed by atoms with Crippen LogP contribution in [-0.2, 0) is 4.79 Å². The van der Waals surface area contributed by atoms with E-state index >= 15 is 0 Å². The molecule has 1 amide bonds. The van der Waals surface area contributed by atoms with Crippen LogP contribution in [0.4, 0.5) is 5.69 Å². The number of carbonyl (C=O) groups is 1. The molecule has 1 aromatic rings. The second kappa shape index (κ2) is 6.15. The molecule has 0 radical (unpaired) electrons. The van der Waals surface area contributed by atoms with Gasteiger partial charge < -0.3 is 20.5 Å². The molecule has 1 aliphatic heterocycles. The topological polar surface area (TPSA) is 73.6 Å². The summed E-state index contributed by atoms with van der Waals surface area (Å²) in [6, 6.07) is 3.93. The van der Waals surface area contributed by atoms with Crippen LogP contribution in [0.3, 0.4) is 0 Å². The highest BCUT2D eigenvalue weighted by molar-refractivity contribution is 7.98. The van der Waals surface area contributed by atoms with E-state index in [1.165, 1.54) is 0 Å². The standard InChI is InChI=1S/C15H20N2O3S/c1-21-14-8-13-12(19-4-5-20-13)7-11(14)17-15(18)9-2-3-10(16)6-9/h7-10H,2-6,16H2,1H3,(H,17,18). The fraction of sp³-hybridized carbons (Fsp3) is 0.533. The van der Waals surface area contributed by atoms with Crippen LogP contribution < -0.4 is 20.5 Å². The van der Waals surface area contributed by atoms with Crippen LogP contribution in [0.15, 0.2) is 17.0 Å². The minimum absolute atomic E-state index is 0.0166. The predicted octanol–water partition coefficient (Wildman–Crippen LogP) is 2.25. The van der Waals surface area contributed by atoms with E-state index < -0.39 is 0 Å². The number of nitrogens with one attached hydrogen (secondary N) is 1. The van der Waals surface area contributed by atoms with Gasteiger partial charge in [0.2, 0.25) is 5.91 Å². The van der Waals surface area contributed by atoms with Gasteiger partial charge in [-0.1, -0.05) is 0 Å². The first kappa shape index (κ1) is 14.5. The van der Waals surface area contributed by atoms with Crippen LogP contribution in [0, 0.1) is 5.92 Å². The van der Waals surface area contributed by atoms with Crippen molar-refractivity contribution < 1.29 is 14.3 Å². The molecule has 0 saturated heterocycles. The van der Waals surface area contributed by atoms with E-state index in [4.69, 9.17) is 15.2 Å². The fourth-order valence-electron chi connectivity index (χ4n) is 2.83. The molecule has 1 saturated carbocycles. The number of amides is 1. The third-order valence-electron chi connectivity index (χ3n) is 3.97. The van der Waals surface area contributed by atoms with Gasteiger partial charge in [-0.05, 0) is 31.6 Å². The van der Waals surface area contributed by atoms with Gasteiger partial charge >= 0.3 is 0 Å². The number of nitrogens with two attached hydrogens (primary N) is 1. The summed E-state index contributed by atoms with van der Waals surface area (Å²) < 4.78 is 11.2. The predicted molar refractivity (Wildman–Crippen MR) is 83.2 cm³/mol. The summed E-state index contributed by atoms with van der Waals surface area (Å²) >= 11 is 1.58. The van der Waals surface area contributed by atoms with E-state index in [1.54, 1.807) is 11.8 Å². The van der Waals surface area contributed by atoms with Gasteiger partial charge in [-0.25, -0.2) is 0 Å². The Labute approximate surface area is 128 Å². The number of carbonyl (C=O) groups excluding carboxylic acids is 1. The second-order valence-corrected chi connectivity index (χ2v) is 6.30. The molecule has 3 N–H and O–H groups in total. The van der Waals surface area contributed by atoms with Crippen LogP contribution in [0.1, 0.15) is 19.3 Å². The molecule has 1 heterocycles. The monoisotopic (exact) mass is 308 g/mol. The average molecular weight is 308 g/mol. The van der Waals surface area contributed by atoms with Gasteiger partial charge in [0.25, 0.3) is 0 Å². The molecule has 2 atom stereocenters. The zero-order valence-electron chi connectivity index (χ0n) is 12.1. The van der Waals surface area contributed by atoms with Crippen LogP contribution in [0.25, 0.3) is 0 Å². The Kier molecular flexibility index (Phi) is 4.26. The third kappa shape index (κ3) is 3.11. The molecule has 5 nitrogen and oxygen atoms in total. The average Bonchev–Trinajstić information content (AvgIpc) is 2.93. The molecule has 1 aliphatic carbocycles. The quantitative estimate of drug-likeness (QED) is 0.838. The van der Waals surface area contributed by atoms with Crippen LogP contribution in [-0.4, -0.2) is 31.4 Å². The first-order valence-electron chi connectivity index (χ1n) is 7.21. The van der Waals surface area contributed by atoms with Crippen molar-refractivity contribution in [2.75, 3.05) is 24.8 Å². The number of anilines is 1. The molecule has 3 rings (SSSR count). The van der Waals surface area contributed by atoms with Gasteiger partial charge in [-0.15, -0.1) is 11.8 Å². The smallest absolute Gasteiger partial charge is 0.227 e. The van der Waals surface area contributed by atoms with Crippen LogP contribution in [0.5, 0.6) is 11.5 Å². The number of hydrogen-bond donors (Lipinski definition) is 2. The van der Waals surface area contributed by atoms with E-state index in [0.29, 0.717) is 19.0 Å². The molecule has 21 heavy (non-hydrogen) atoms. The SMILES string of the molecule is CSc1cc2c(cc1NC(=O)C1CCC(N)C1)OCCO2. The largest absolute Gasteiger partial charge is 0.486 e. The molecule has 2 aliphatic rings. The number of ether oxygens (including phenoxy) is 2. The first-order valence-corrected chi connectivity index (χ1v) is 8.44. The van der Waals surface area contributed by atoms with E-state index in [0.717, 1.165) is 35.6 Å². The molecular formula is C15H20N2O3S. The summed E-state index contributed by atoms with van der Waals surface area (Å²) in [5, 5.41) is 3.02. The molecule has 0 spiro atoms. The highest BCUT2D eigenvalue weighted by atomic mass is 32.2. The van der Waals surface area contributed by atoms with Crippen molar-refractivity contribution in [3.05, 3.63) is 12.1 Å². The summed E-state index contributed by atoms with van der Waals surface area (Å²) in [6.07, 6.45) is 4.54. The first-order chi connectivity index (χ1) is 10.2. The van der Waals surface area contributed by atoms with Crippen molar-refractivity contribution in [1.29, 1.82) is 0 Å². The number of rotatable bonds is 3. The highest BCUT2D eigenvalue weighted by Crippen LogP contribution is 2.39. The van der Waals surface area contributed by atoms with Crippen molar-refractivity contribution >= 4 is 23.4 Å². The van der Waals surface area contributed by atoms with Gasteiger partial charge in [0.15, 0.2) is 11.5 Å². The van der Waals surface area contributed by atoms with Gasteiger partial charge in [-0.3, -0.25) is 4.79 Å². The Bertz CT molecular complexity index is 550. The third-order valence-corrected chi connectivity index (χ3v) is 4.74. The zero-order chi connectivity index (χ0) is 14.8. The van der Waals surface area contributed by atoms with Crippen molar-refractivity contribution in [2.45, 2.75) is 30.2 Å². The van der Waals surface area contributed by atoms with Gasteiger partial charge in [-0.2, -0.15) is 0 Å². The van der Waals surface area contributed by atoms with Crippen molar-refractivity contribution in [3.63, 3.8) is 0 Å². The minimum Gasteiger partial charge on any atom is -0.486 e. The maximum atomic E-state index is 12.3. The lowest BCUT2D eigenvalue weighted by Crippen LogP contribution is -2.23. The zero-order valence-corrected chi connectivity index (χ0v) is 12.9. The van der Waals surface area contributed by atoms with Gasteiger partial charge in [0.05, 0.1) is 5.69 Å². The van der Waals surface area contributed by atoms with Crippen molar-refractivity contribution in [2.24, 2.45) is 11.7 Å². The Morgan fingerprint density at radius 1 is 1.29 bits per heavy atom. The summed E-state index contributed by atoms with van der Waals surface area (Å²) in [5.74, 6) is 1.50. The molecule has 0 bridgehead atoms. The summed E-state index contributed by atoms with van der Waals surface area (Å²) in [7, 11) is 0. The Morgan fingerprint density at radius 3 is 2.62 bits per heavy atom. The van der Waals surface area contributed by atoms with E-state index in [2.05, 4.69) is 5.32 Å². The molecule has 114 valence electrons. The van der Waals surface area contributed by atoms with Crippen LogP contribution in [0.2, 0.25) is 0 Å². The number of hydrogen-bond acceptors (Lipinski definition) is 5. The summed E-state index contributed by atoms with van der Waals surface area (Å²) in [5.41, 5.74) is 6.67. The van der Waals surface area contributed by atoms with Gasteiger partial charge in [0.1, 0.15) is 13.2 Å². The molecule has 1 aromatic carbocycles. The second-order valence-electron chi connectivity index (χ2n) is 5.46. The molecule has 0 aromatic heterocycles. The van der Waals surface area contributed by atoms with Crippen molar-refractivity contribution in [3.8, 4) is 11.5 Å². The van der Waals surface area contributed by atoms with Crippen LogP contribution >= 0.6 is 11.8 Å². The maximum Gasteiger partial charge on any atom is 0.227 e. The van der Waals surface area contributed by atoms with E-state index in [-0.39, 0.29) is 17.9 Å². The number of fused-ring (bicyclic) bond motifs is 1. The number of thioether (sulfide) groups is 1. The fourth-order valence-corrected chi connectivity index (χ4v) is 3.38. The van der Waals surface area contributed by atoms with E-state index in [9.17, 15) is 4.79 Å². The summed E-state index contributed by atoms with van der Waals surface area (Å²) in [4.78, 5) is 13.3. The van der Waals surface area contributed by atoms with E-state index in [1.807, 2.05) is 18.4 Å².